The summed E-state index contributed by atoms with van der Waals surface area (Å²) in [6, 6.07) is 0.872. The van der Waals surface area contributed by atoms with Crippen LogP contribution in [0.25, 0.3) is 0 Å². The summed E-state index contributed by atoms with van der Waals surface area (Å²) in [6.45, 7) is 1.05. The van der Waals surface area contributed by atoms with Crippen molar-refractivity contribution >= 4 is 29.4 Å². The number of hydrogen-bond donors (Lipinski definition) is 1. The Morgan fingerprint density at radius 1 is 1.38 bits per heavy atom. The van der Waals surface area contributed by atoms with E-state index in [9.17, 15) is 4.79 Å². The van der Waals surface area contributed by atoms with Crippen molar-refractivity contribution in [3.63, 3.8) is 0 Å². The average molecular weight is 260 g/mol. The minimum atomic E-state index is 0.313. The van der Waals surface area contributed by atoms with Crippen LogP contribution >= 0.6 is 23.5 Å². The normalized spacial score (nSPS) is 30.3. The molecule has 16 heavy (non-hydrogen) atoms. The smallest absolute Gasteiger partial charge is 0.224 e. The predicted octanol–water partition coefficient (Wildman–Crippen LogP) is 1.05. The fourth-order valence-corrected chi connectivity index (χ4v) is 4.35. The molecule has 0 aromatic heterocycles. The van der Waals surface area contributed by atoms with Crippen LogP contribution in [0.3, 0.4) is 0 Å². The molecule has 2 heterocycles. The van der Waals surface area contributed by atoms with Gasteiger partial charge in [0, 0.05) is 49.4 Å². The molecule has 0 aromatic carbocycles. The third-order valence-corrected chi connectivity index (χ3v) is 5.54. The first kappa shape index (κ1) is 12.6. The minimum Gasteiger partial charge on any atom is -0.342 e. The molecule has 2 rings (SSSR count). The number of hydrogen-bond acceptors (Lipinski definition) is 4. The van der Waals surface area contributed by atoms with Crippen LogP contribution < -0.4 is 5.32 Å². The second-order valence-electron chi connectivity index (χ2n) is 4.45. The van der Waals surface area contributed by atoms with Crippen LogP contribution in [0.5, 0.6) is 0 Å². The molecule has 0 spiro atoms. The summed E-state index contributed by atoms with van der Waals surface area (Å²) in [5.74, 6) is 4.90. The van der Waals surface area contributed by atoms with Crippen molar-refractivity contribution in [3.05, 3.63) is 0 Å². The van der Waals surface area contributed by atoms with Crippen molar-refractivity contribution in [1.29, 1.82) is 0 Å². The Hall–Kier alpha value is 0.130. The summed E-state index contributed by atoms with van der Waals surface area (Å²) in [7, 11) is 1.97. The topological polar surface area (TPSA) is 32.3 Å². The molecule has 0 bridgehead atoms. The number of nitrogens with one attached hydrogen (secondary N) is 1. The van der Waals surface area contributed by atoms with E-state index in [2.05, 4.69) is 5.32 Å². The zero-order valence-electron chi connectivity index (χ0n) is 9.78. The van der Waals surface area contributed by atoms with E-state index < -0.39 is 0 Å². The summed E-state index contributed by atoms with van der Waals surface area (Å²) >= 11 is 3.91. The predicted molar refractivity (Wildman–Crippen MR) is 72.2 cm³/mol. The quantitative estimate of drug-likeness (QED) is 0.822. The SMILES string of the molecule is CN(C(=O)CC1CSCCN1)C1CCSC1. The lowest BCUT2D eigenvalue weighted by molar-refractivity contribution is -0.131. The summed E-state index contributed by atoms with van der Waals surface area (Å²) in [5, 5.41) is 3.42. The van der Waals surface area contributed by atoms with Gasteiger partial charge in [-0.05, 0) is 12.2 Å². The highest BCUT2D eigenvalue weighted by Crippen LogP contribution is 2.22. The lowest BCUT2D eigenvalue weighted by Crippen LogP contribution is -2.44. The Morgan fingerprint density at radius 3 is 2.81 bits per heavy atom. The van der Waals surface area contributed by atoms with E-state index in [0.29, 0.717) is 24.4 Å². The Morgan fingerprint density at radius 2 is 2.19 bits per heavy atom. The Balaban J connectivity index is 1.77. The Bertz CT molecular complexity index is 238. The van der Waals surface area contributed by atoms with Crippen molar-refractivity contribution in [2.75, 3.05) is 36.6 Å². The lowest BCUT2D eigenvalue weighted by atomic mass is 10.1. The first-order valence-electron chi connectivity index (χ1n) is 5.92. The van der Waals surface area contributed by atoms with Crippen LogP contribution in [-0.2, 0) is 4.79 Å². The average Bonchev–Trinajstić information content (AvgIpc) is 2.83. The zero-order valence-corrected chi connectivity index (χ0v) is 11.4. The van der Waals surface area contributed by atoms with Gasteiger partial charge in [0.1, 0.15) is 0 Å². The number of carbonyl (C=O) groups is 1. The third-order valence-electron chi connectivity index (χ3n) is 3.27. The summed E-state index contributed by atoms with van der Waals surface area (Å²) in [5.41, 5.74) is 0. The van der Waals surface area contributed by atoms with E-state index in [1.807, 2.05) is 35.5 Å². The maximum Gasteiger partial charge on any atom is 0.224 e. The van der Waals surface area contributed by atoms with Crippen LogP contribution in [0.4, 0.5) is 0 Å². The van der Waals surface area contributed by atoms with E-state index in [1.165, 1.54) is 17.9 Å². The monoisotopic (exact) mass is 260 g/mol. The summed E-state index contributed by atoms with van der Waals surface area (Å²) < 4.78 is 0. The highest BCUT2D eigenvalue weighted by atomic mass is 32.2. The van der Waals surface area contributed by atoms with Gasteiger partial charge in [-0.3, -0.25) is 4.79 Å². The molecule has 1 amide bonds. The number of carbonyl (C=O) groups excluding carboxylic acids is 1. The number of amides is 1. The molecule has 2 aliphatic heterocycles. The highest BCUT2D eigenvalue weighted by Gasteiger charge is 2.26. The van der Waals surface area contributed by atoms with Gasteiger partial charge in [-0.25, -0.2) is 0 Å². The Labute approximate surface area is 106 Å². The minimum absolute atomic E-state index is 0.313. The van der Waals surface area contributed by atoms with Crippen molar-refractivity contribution in [3.8, 4) is 0 Å². The van der Waals surface area contributed by atoms with Crippen molar-refractivity contribution in [2.24, 2.45) is 0 Å². The fourth-order valence-electron chi connectivity index (χ4n) is 2.14. The first-order chi connectivity index (χ1) is 7.77. The van der Waals surface area contributed by atoms with Gasteiger partial charge in [0.05, 0.1) is 0 Å². The molecule has 0 radical (unpaired) electrons. The van der Waals surface area contributed by atoms with Gasteiger partial charge in [0.25, 0.3) is 0 Å². The highest BCUT2D eigenvalue weighted by molar-refractivity contribution is 7.99. The lowest BCUT2D eigenvalue weighted by Gasteiger charge is -2.28. The van der Waals surface area contributed by atoms with Crippen LogP contribution in [-0.4, -0.2) is 59.5 Å². The molecule has 0 aliphatic carbocycles. The molecule has 2 saturated heterocycles. The van der Waals surface area contributed by atoms with Crippen LogP contribution in [0, 0.1) is 0 Å². The number of nitrogens with zero attached hydrogens (tertiary/aromatic N) is 1. The van der Waals surface area contributed by atoms with Crippen LogP contribution in [0.1, 0.15) is 12.8 Å². The molecule has 5 heteroatoms. The standard InChI is InChI=1S/C11H20N2OS2/c1-13(10-2-4-15-8-10)11(14)6-9-7-16-5-3-12-9/h9-10,12H,2-8H2,1H3. The maximum atomic E-state index is 12.1. The van der Waals surface area contributed by atoms with E-state index in [4.69, 9.17) is 0 Å². The summed E-state index contributed by atoms with van der Waals surface area (Å²) in [4.78, 5) is 14.0. The van der Waals surface area contributed by atoms with Gasteiger partial charge >= 0.3 is 0 Å². The molecule has 2 aliphatic rings. The second-order valence-corrected chi connectivity index (χ2v) is 6.75. The first-order valence-corrected chi connectivity index (χ1v) is 8.23. The molecule has 0 saturated carbocycles. The molecular formula is C11H20N2OS2. The fraction of sp³-hybridized carbons (Fsp3) is 0.909. The molecule has 3 nitrogen and oxygen atoms in total. The second kappa shape index (κ2) is 6.17. The zero-order chi connectivity index (χ0) is 11.4. The third kappa shape index (κ3) is 3.31. The van der Waals surface area contributed by atoms with E-state index in [-0.39, 0.29) is 0 Å². The van der Waals surface area contributed by atoms with E-state index in [0.717, 1.165) is 18.1 Å². The van der Waals surface area contributed by atoms with Crippen LogP contribution in [0.15, 0.2) is 0 Å². The van der Waals surface area contributed by atoms with Gasteiger partial charge < -0.3 is 10.2 Å². The number of thioether (sulfide) groups is 2. The molecule has 2 unspecified atom stereocenters. The molecule has 2 atom stereocenters. The molecule has 1 N–H and O–H groups in total. The van der Waals surface area contributed by atoms with Gasteiger partial charge in [0.15, 0.2) is 0 Å². The van der Waals surface area contributed by atoms with Crippen molar-refractivity contribution < 1.29 is 4.79 Å². The summed E-state index contributed by atoms with van der Waals surface area (Å²) in [6.07, 6.45) is 1.84. The molecule has 0 aromatic rings. The van der Waals surface area contributed by atoms with Crippen molar-refractivity contribution in [2.45, 2.75) is 24.9 Å². The van der Waals surface area contributed by atoms with E-state index in [1.54, 1.807) is 0 Å². The Kier molecular flexibility index (Phi) is 4.85. The van der Waals surface area contributed by atoms with E-state index >= 15 is 0 Å². The van der Waals surface area contributed by atoms with Gasteiger partial charge in [0.2, 0.25) is 5.91 Å². The number of rotatable bonds is 3. The van der Waals surface area contributed by atoms with Gasteiger partial charge in [-0.15, -0.1) is 0 Å². The van der Waals surface area contributed by atoms with Gasteiger partial charge in [-0.1, -0.05) is 0 Å². The molecule has 2 fully saturated rings. The largest absolute Gasteiger partial charge is 0.342 e. The van der Waals surface area contributed by atoms with Crippen LogP contribution in [0.2, 0.25) is 0 Å². The molecule has 92 valence electrons. The van der Waals surface area contributed by atoms with Crippen molar-refractivity contribution in [1.82, 2.24) is 10.2 Å². The molecular weight excluding hydrogens is 240 g/mol. The maximum absolute atomic E-state index is 12.1. The van der Waals surface area contributed by atoms with Gasteiger partial charge in [-0.2, -0.15) is 23.5 Å².